The van der Waals surface area contributed by atoms with Crippen LogP contribution in [-0.4, -0.2) is 10.7 Å². The second-order valence-electron chi connectivity index (χ2n) is 8.60. The first kappa shape index (κ1) is 21.2. The molecule has 1 saturated carbocycles. The number of nitrogens with zero attached hydrogens (tertiary/aromatic N) is 2. The van der Waals surface area contributed by atoms with Gasteiger partial charge in [-0.05, 0) is 79.0 Å². The largest absolute Gasteiger partial charge is 0.264 e. The van der Waals surface area contributed by atoms with Crippen molar-refractivity contribution < 1.29 is 0 Å². The standard InChI is InChI=1S/C29H32N2/c1-4-5-14-29(27-13-8-17-30-20-27)31-22(3)28-16-15-26(18-21(28)2)25-12-7-11-24(19-25)23-9-6-10-23/h7-8,11-20,23H,4-6,9-10H2,1-3H3/b29-14+,31-22?. The molecule has 0 atom stereocenters. The molecule has 0 bridgehead atoms. The van der Waals surface area contributed by atoms with E-state index in [4.69, 9.17) is 4.99 Å². The van der Waals surface area contributed by atoms with Crippen LogP contribution in [0.1, 0.15) is 74.1 Å². The van der Waals surface area contributed by atoms with Crippen molar-refractivity contribution in [1.82, 2.24) is 4.98 Å². The Morgan fingerprint density at radius 2 is 1.90 bits per heavy atom. The number of unbranched alkanes of at least 4 members (excludes halogenated alkanes) is 1. The van der Waals surface area contributed by atoms with Gasteiger partial charge in [0.1, 0.15) is 0 Å². The lowest BCUT2D eigenvalue weighted by Crippen LogP contribution is -2.08. The fourth-order valence-corrected chi connectivity index (χ4v) is 4.23. The zero-order valence-electron chi connectivity index (χ0n) is 18.9. The Morgan fingerprint density at radius 1 is 1.06 bits per heavy atom. The van der Waals surface area contributed by atoms with Crippen molar-refractivity contribution >= 4 is 11.4 Å². The Bertz CT molecular complexity index is 1090. The van der Waals surface area contributed by atoms with Crippen LogP contribution < -0.4 is 0 Å². The highest BCUT2D eigenvalue weighted by molar-refractivity contribution is 6.03. The van der Waals surface area contributed by atoms with E-state index in [2.05, 4.69) is 80.4 Å². The third kappa shape index (κ3) is 5.02. The number of benzene rings is 2. The van der Waals surface area contributed by atoms with Gasteiger partial charge in [-0.1, -0.05) is 68.3 Å². The molecule has 158 valence electrons. The van der Waals surface area contributed by atoms with Crippen molar-refractivity contribution in [3.05, 3.63) is 95.3 Å². The van der Waals surface area contributed by atoms with E-state index in [0.29, 0.717) is 0 Å². The van der Waals surface area contributed by atoms with Crippen LogP contribution in [0.5, 0.6) is 0 Å². The van der Waals surface area contributed by atoms with Crippen LogP contribution in [0, 0.1) is 6.92 Å². The number of aryl methyl sites for hydroxylation is 1. The summed E-state index contributed by atoms with van der Waals surface area (Å²) in [7, 11) is 0. The van der Waals surface area contributed by atoms with Gasteiger partial charge in [0.25, 0.3) is 0 Å². The van der Waals surface area contributed by atoms with Gasteiger partial charge in [-0.15, -0.1) is 0 Å². The van der Waals surface area contributed by atoms with Gasteiger partial charge in [0.2, 0.25) is 0 Å². The molecule has 0 unspecified atom stereocenters. The molecule has 1 aliphatic rings. The van der Waals surface area contributed by atoms with E-state index < -0.39 is 0 Å². The van der Waals surface area contributed by atoms with Crippen molar-refractivity contribution in [2.24, 2.45) is 4.99 Å². The van der Waals surface area contributed by atoms with Crippen molar-refractivity contribution in [2.75, 3.05) is 0 Å². The van der Waals surface area contributed by atoms with Crippen LogP contribution in [0.3, 0.4) is 0 Å². The Morgan fingerprint density at radius 3 is 2.58 bits per heavy atom. The van der Waals surface area contributed by atoms with Gasteiger partial charge in [0, 0.05) is 23.7 Å². The smallest absolute Gasteiger partial charge is 0.0681 e. The summed E-state index contributed by atoms with van der Waals surface area (Å²) >= 11 is 0. The fourth-order valence-electron chi connectivity index (χ4n) is 4.23. The molecule has 2 heteroatoms. The van der Waals surface area contributed by atoms with E-state index in [1.165, 1.54) is 47.1 Å². The second kappa shape index (κ2) is 9.87. The van der Waals surface area contributed by atoms with Crippen LogP contribution in [0.15, 0.2) is 78.1 Å². The molecule has 0 aliphatic heterocycles. The summed E-state index contributed by atoms with van der Waals surface area (Å²) in [5.41, 5.74) is 9.65. The average molecular weight is 409 g/mol. The predicted octanol–water partition coefficient (Wildman–Crippen LogP) is 7.97. The second-order valence-corrected chi connectivity index (χ2v) is 8.60. The highest BCUT2D eigenvalue weighted by atomic mass is 14.8. The summed E-state index contributed by atoms with van der Waals surface area (Å²) in [5.74, 6) is 0.760. The predicted molar refractivity (Wildman–Crippen MR) is 133 cm³/mol. The summed E-state index contributed by atoms with van der Waals surface area (Å²) in [6.45, 7) is 6.49. The van der Waals surface area contributed by atoms with Gasteiger partial charge >= 0.3 is 0 Å². The number of hydrogen-bond donors (Lipinski definition) is 0. The van der Waals surface area contributed by atoms with E-state index >= 15 is 0 Å². The van der Waals surface area contributed by atoms with Gasteiger partial charge < -0.3 is 0 Å². The summed E-state index contributed by atoms with van der Waals surface area (Å²) in [6, 6.07) is 19.9. The first-order chi connectivity index (χ1) is 15.2. The van der Waals surface area contributed by atoms with E-state index in [-0.39, 0.29) is 0 Å². The minimum atomic E-state index is 0.760. The molecule has 0 N–H and O–H groups in total. The van der Waals surface area contributed by atoms with Gasteiger partial charge in [-0.2, -0.15) is 0 Å². The molecule has 4 rings (SSSR count). The number of aliphatic imine (C=N–C) groups is 1. The maximum absolute atomic E-state index is 5.01. The topological polar surface area (TPSA) is 25.2 Å². The number of rotatable bonds is 7. The fraction of sp³-hybridized carbons (Fsp3) is 0.310. The molecule has 1 aliphatic carbocycles. The van der Waals surface area contributed by atoms with E-state index in [9.17, 15) is 0 Å². The Balaban J connectivity index is 1.62. The molecule has 31 heavy (non-hydrogen) atoms. The van der Waals surface area contributed by atoms with Gasteiger partial charge in [0.15, 0.2) is 0 Å². The quantitative estimate of drug-likeness (QED) is 0.364. The van der Waals surface area contributed by atoms with Crippen molar-refractivity contribution in [2.45, 2.75) is 58.8 Å². The third-order valence-corrected chi connectivity index (χ3v) is 6.28. The highest BCUT2D eigenvalue weighted by Gasteiger charge is 2.19. The SMILES string of the molecule is CCC/C=C(/N=C(C)c1ccc(-c2cccc(C3CCC3)c2)cc1C)c1cccnc1. The molecule has 2 aromatic carbocycles. The summed E-state index contributed by atoms with van der Waals surface area (Å²) in [5, 5.41) is 0. The van der Waals surface area contributed by atoms with Crippen LogP contribution in [0.2, 0.25) is 0 Å². The highest BCUT2D eigenvalue weighted by Crippen LogP contribution is 2.37. The molecule has 1 fully saturated rings. The van der Waals surface area contributed by atoms with E-state index in [0.717, 1.165) is 35.7 Å². The van der Waals surface area contributed by atoms with Gasteiger partial charge in [-0.25, -0.2) is 0 Å². The third-order valence-electron chi connectivity index (χ3n) is 6.28. The Labute approximate surface area is 186 Å². The first-order valence-electron chi connectivity index (χ1n) is 11.5. The molecule has 2 nitrogen and oxygen atoms in total. The lowest BCUT2D eigenvalue weighted by molar-refractivity contribution is 0.420. The Kier molecular flexibility index (Phi) is 6.76. The number of allylic oxidation sites excluding steroid dienone is 1. The van der Waals surface area contributed by atoms with Crippen molar-refractivity contribution in [3.63, 3.8) is 0 Å². The number of hydrogen-bond acceptors (Lipinski definition) is 2. The number of aromatic nitrogens is 1. The average Bonchev–Trinajstić information content (AvgIpc) is 2.76. The molecular weight excluding hydrogens is 376 g/mol. The molecule has 0 saturated heterocycles. The molecule has 3 aromatic rings. The molecule has 1 heterocycles. The minimum Gasteiger partial charge on any atom is -0.264 e. The molecule has 1 aromatic heterocycles. The van der Waals surface area contributed by atoms with E-state index in [1.54, 1.807) is 6.20 Å². The zero-order valence-corrected chi connectivity index (χ0v) is 18.9. The van der Waals surface area contributed by atoms with Gasteiger partial charge in [-0.3, -0.25) is 9.98 Å². The van der Waals surface area contributed by atoms with Gasteiger partial charge in [0.05, 0.1) is 5.70 Å². The monoisotopic (exact) mass is 408 g/mol. The van der Waals surface area contributed by atoms with Crippen LogP contribution in [0.4, 0.5) is 0 Å². The molecule has 0 radical (unpaired) electrons. The lowest BCUT2D eigenvalue weighted by atomic mass is 9.79. The zero-order chi connectivity index (χ0) is 21.6. The summed E-state index contributed by atoms with van der Waals surface area (Å²) < 4.78 is 0. The maximum Gasteiger partial charge on any atom is 0.0681 e. The van der Waals surface area contributed by atoms with Crippen LogP contribution in [-0.2, 0) is 0 Å². The number of pyridine rings is 1. The van der Waals surface area contributed by atoms with Crippen molar-refractivity contribution in [3.8, 4) is 11.1 Å². The first-order valence-corrected chi connectivity index (χ1v) is 11.5. The maximum atomic E-state index is 5.01. The minimum absolute atomic E-state index is 0.760. The molecule has 0 amide bonds. The lowest BCUT2D eigenvalue weighted by Gasteiger charge is -2.26. The normalized spacial score (nSPS) is 15.1. The van der Waals surface area contributed by atoms with Crippen molar-refractivity contribution in [1.29, 1.82) is 0 Å². The molecular formula is C29H32N2. The molecule has 0 spiro atoms. The summed E-state index contributed by atoms with van der Waals surface area (Å²) in [4.78, 5) is 9.29. The van der Waals surface area contributed by atoms with E-state index in [1.807, 2.05) is 12.3 Å². The Hall–Kier alpha value is -3.00. The van der Waals surface area contributed by atoms with Crippen LogP contribution >= 0.6 is 0 Å². The van der Waals surface area contributed by atoms with Crippen LogP contribution in [0.25, 0.3) is 16.8 Å². The summed E-state index contributed by atoms with van der Waals surface area (Å²) in [6.07, 6.45) is 12.1.